The van der Waals surface area contributed by atoms with Crippen molar-refractivity contribution in [3.05, 3.63) is 76.9 Å². The number of rotatable bonds is 2. The van der Waals surface area contributed by atoms with Gasteiger partial charge in [0.1, 0.15) is 23.0 Å². The summed E-state index contributed by atoms with van der Waals surface area (Å²) in [5.74, 6) is 6.20. The zero-order valence-electron chi connectivity index (χ0n) is 13.2. The molecule has 0 saturated heterocycles. The highest BCUT2D eigenvalue weighted by molar-refractivity contribution is 5.78. The summed E-state index contributed by atoms with van der Waals surface area (Å²) < 4.78 is 14.8. The van der Waals surface area contributed by atoms with E-state index in [0.29, 0.717) is 29.2 Å². The first-order valence-corrected chi connectivity index (χ1v) is 7.33. The molecule has 0 radical (unpaired) electrons. The number of aldehydes is 1. The average molecular weight is 319 g/mol. The van der Waals surface area contributed by atoms with Gasteiger partial charge in [-0.1, -0.05) is 5.92 Å². The number of aromatic nitrogens is 3. The summed E-state index contributed by atoms with van der Waals surface area (Å²) in [7, 11) is 0. The molecule has 0 aliphatic heterocycles. The third-order valence-corrected chi connectivity index (χ3v) is 3.50. The highest BCUT2D eigenvalue weighted by Gasteiger charge is 2.14. The van der Waals surface area contributed by atoms with E-state index in [2.05, 4.69) is 21.8 Å². The summed E-state index contributed by atoms with van der Waals surface area (Å²) in [4.78, 5) is 20.0. The van der Waals surface area contributed by atoms with Crippen LogP contribution in [0.1, 0.15) is 33.3 Å². The molecule has 0 spiro atoms. The summed E-state index contributed by atoms with van der Waals surface area (Å²) >= 11 is 0. The minimum atomic E-state index is -0.336. The minimum Gasteiger partial charge on any atom is -0.296 e. The van der Waals surface area contributed by atoms with Gasteiger partial charge in [-0.15, -0.1) is 0 Å². The van der Waals surface area contributed by atoms with E-state index in [1.165, 1.54) is 12.1 Å². The quantitative estimate of drug-likeness (QED) is 0.538. The third kappa shape index (κ3) is 3.08. The van der Waals surface area contributed by atoms with Gasteiger partial charge < -0.3 is 0 Å². The predicted molar refractivity (Wildman–Crippen MR) is 88.6 cm³/mol. The van der Waals surface area contributed by atoms with E-state index >= 15 is 0 Å². The van der Waals surface area contributed by atoms with E-state index in [1.54, 1.807) is 35.9 Å². The molecule has 3 aromatic rings. The number of benzene rings is 1. The number of carbonyl (C=O) groups is 1. The molecular weight excluding hydrogens is 305 g/mol. The summed E-state index contributed by atoms with van der Waals surface area (Å²) in [6.45, 7) is 3.66. The van der Waals surface area contributed by atoms with Gasteiger partial charge >= 0.3 is 0 Å². The molecule has 24 heavy (non-hydrogen) atoms. The Morgan fingerprint density at radius 1 is 1.12 bits per heavy atom. The van der Waals surface area contributed by atoms with Crippen LogP contribution in [0.3, 0.4) is 0 Å². The Bertz CT molecular complexity index is 963. The Morgan fingerprint density at radius 3 is 2.54 bits per heavy atom. The number of hydrogen-bond donors (Lipinski definition) is 0. The molecule has 0 aliphatic rings. The molecule has 118 valence electrons. The fourth-order valence-electron chi connectivity index (χ4n) is 2.42. The first-order valence-electron chi connectivity index (χ1n) is 7.33. The van der Waals surface area contributed by atoms with Gasteiger partial charge in [0.15, 0.2) is 6.29 Å². The molecule has 3 rings (SSSR count). The van der Waals surface area contributed by atoms with Gasteiger partial charge in [-0.3, -0.25) is 14.3 Å². The van der Waals surface area contributed by atoms with E-state index in [0.717, 1.165) is 11.3 Å². The molecular formula is C19H14FN3O. The Balaban J connectivity index is 2.06. The van der Waals surface area contributed by atoms with Crippen molar-refractivity contribution in [2.24, 2.45) is 0 Å². The lowest BCUT2D eigenvalue weighted by molar-refractivity contribution is 0.111. The van der Waals surface area contributed by atoms with E-state index in [1.807, 2.05) is 13.0 Å². The molecule has 0 unspecified atom stereocenters. The maximum absolute atomic E-state index is 13.1. The number of pyridine rings is 1. The van der Waals surface area contributed by atoms with Gasteiger partial charge in [0.25, 0.3) is 0 Å². The van der Waals surface area contributed by atoms with Crippen molar-refractivity contribution in [2.75, 3.05) is 0 Å². The number of imidazole rings is 1. The lowest BCUT2D eigenvalue weighted by Crippen LogP contribution is -2.02. The van der Waals surface area contributed by atoms with Gasteiger partial charge in [-0.2, -0.15) is 0 Å². The molecule has 4 nitrogen and oxygen atoms in total. The fourth-order valence-corrected chi connectivity index (χ4v) is 2.42. The average Bonchev–Trinajstić information content (AvgIpc) is 2.89. The molecule has 0 saturated carbocycles. The van der Waals surface area contributed by atoms with Crippen LogP contribution >= 0.6 is 0 Å². The van der Waals surface area contributed by atoms with Crippen molar-refractivity contribution in [1.29, 1.82) is 0 Å². The Labute approximate surface area is 139 Å². The summed E-state index contributed by atoms with van der Waals surface area (Å²) in [6.07, 6.45) is 2.40. The number of aryl methyl sites for hydroxylation is 2. The van der Waals surface area contributed by atoms with Gasteiger partial charge in [0.05, 0.1) is 0 Å². The molecule has 0 amide bonds. The van der Waals surface area contributed by atoms with Crippen LogP contribution in [-0.2, 0) is 0 Å². The first-order chi connectivity index (χ1) is 11.6. The normalized spacial score (nSPS) is 10.1. The largest absolute Gasteiger partial charge is 0.296 e. The second-order valence-corrected chi connectivity index (χ2v) is 5.26. The summed E-state index contributed by atoms with van der Waals surface area (Å²) in [5, 5.41) is 0. The van der Waals surface area contributed by atoms with E-state index < -0.39 is 0 Å². The van der Waals surface area contributed by atoms with Crippen LogP contribution in [0.15, 0.2) is 42.6 Å². The predicted octanol–water partition coefficient (Wildman–Crippen LogP) is 3.24. The Hall–Kier alpha value is -3.26. The first kappa shape index (κ1) is 15.6. The van der Waals surface area contributed by atoms with Crippen LogP contribution in [0.25, 0.3) is 5.69 Å². The summed E-state index contributed by atoms with van der Waals surface area (Å²) in [6, 6.07) is 9.53. The second-order valence-electron chi connectivity index (χ2n) is 5.26. The standard InChI is InChI=1S/C19H14FN3O/c1-13-11-15(9-10-21-13)3-8-18-19(12-24)23(14(2)22-18)17-6-4-16(20)5-7-17/h4-7,9-12H,1-2H3. The molecule has 1 aromatic carbocycles. The smallest absolute Gasteiger partial charge is 0.169 e. The number of hydrogen-bond acceptors (Lipinski definition) is 3. The molecule has 0 aliphatic carbocycles. The highest BCUT2D eigenvalue weighted by atomic mass is 19.1. The Morgan fingerprint density at radius 2 is 1.88 bits per heavy atom. The van der Waals surface area contributed by atoms with Crippen LogP contribution in [0.4, 0.5) is 4.39 Å². The van der Waals surface area contributed by atoms with Gasteiger partial charge in [0, 0.05) is 23.1 Å². The van der Waals surface area contributed by atoms with Crippen molar-refractivity contribution in [1.82, 2.24) is 14.5 Å². The fraction of sp³-hybridized carbons (Fsp3) is 0.105. The van der Waals surface area contributed by atoms with Crippen LogP contribution in [0, 0.1) is 31.5 Å². The zero-order chi connectivity index (χ0) is 17.1. The van der Waals surface area contributed by atoms with Crippen molar-refractivity contribution in [2.45, 2.75) is 13.8 Å². The molecule has 0 fully saturated rings. The van der Waals surface area contributed by atoms with Gasteiger partial charge in [0.2, 0.25) is 0 Å². The SMILES string of the molecule is Cc1cc(C#Cc2nc(C)n(-c3ccc(F)cc3)c2C=O)ccn1. The maximum atomic E-state index is 13.1. The lowest BCUT2D eigenvalue weighted by Gasteiger charge is -2.06. The molecule has 0 atom stereocenters. The number of carbonyl (C=O) groups excluding carboxylic acids is 1. The minimum absolute atomic E-state index is 0.336. The molecule has 5 heteroatoms. The topological polar surface area (TPSA) is 47.8 Å². The van der Waals surface area contributed by atoms with Crippen molar-refractivity contribution in [3.8, 4) is 17.5 Å². The highest BCUT2D eigenvalue weighted by Crippen LogP contribution is 2.17. The van der Waals surface area contributed by atoms with Crippen LogP contribution in [-0.4, -0.2) is 20.8 Å². The van der Waals surface area contributed by atoms with Crippen LogP contribution in [0.2, 0.25) is 0 Å². The third-order valence-electron chi connectivity index (χ3n) is 3.50. The molecule has 0 bridgehead atoms. The van der Waals surface area contributed by atoms with Gasteiger partial charge in [-0.05, 0) is 56.2 Å². The van der Waals surface area contributed by atoms with E-state index in [9.17, 15) is 9.18 Å². The van der Waals surface area contributed by atoms with Crippen molar-refractivity contribution < 1.29 is 9.18 Å². The van der Waals surface area contributed by atoms with E-state index in [4.69, 9.17) is 0 Å². The lowest BCUT2D eigenvalue weighted by atomic mass is 10.2. The zero-order valence-corrected chi connectivity index (χ0v) is 13.2. The summed E-state index contributed by atoms with van der Waals surface area (Å²) in [5.41, 5.74) is 3.06. The Kier molecular flexibility index (Phi) is 4.21. The van der Waals surface area contributed by atoms with Crippen molar-refractivity contribution >= 4 is 6.29 Å². The number of halogens is 1. The second kappa shape index (κ2) is 6.47. The van der Waals surface area contributed by atoms with Gasteiger partial charge in [-0.25, -0.2) is 9.37 Å². The van der Waals surface area contributed by atoms with Crippen molar-refractivity contribution in [3.63, 3.8) is 0 Å². The van der Waals surface area contributed by atoms with Crippen LogP contribution < -0.4 is 0 Å². The number of nitrogens with zero attached hydrogens (tertiary/aromatic N) is 3. The molecule has 2 heterocycles. The molecule has 0 N–H and O–H groups in total. The monoisotopic (exact) mass is 319 g/mol. The molecule has 2 aromatic heterocycles. The van der Waals surface area contributed by atoms with E-state index in [-0.39, 0.29) is 5.82 Å². The maximum Gasteiger partial charge on any atom is 0.169 e. The van der Waals surface area contributed by atoms with Crippen LogP contribution in [0.5, 0.6) is 0 Å².